The predicted octanol–water partition coefficient (Wildman–Crippen LogP) is 1.49. The van der Waals surface area contributed by atoms with E-state index in [9.17, 15) is 8.42 Å². The predicted molar refractivity (Wildman–Crippen MR) is 69.8 cm³/mol. The van der Waals surface area contributed by atoms with Gasteiger partial charge in [0.1, 0.15) is 9.84 Å². The van der Waals surface area contributed by atoms with Crippen LogP contribution < -0.4 is 5.73 Å². The Labute approximate surface area is 105 Å². The Hall–Kier alpha value is -0.130. The Bertz CT molecular complexity index is 306. The first-order valence-corrected chi connectivity index (χ1v) is 8.55. The number of rotatable bonds is 6. The van der Waals surface area contributed by atoms with Gasteiger partial charge in [0.25, 0.3) is 0 Å². The maximum Gasteiger partial charge on any atom is 0.147 e. The van der Waals surface area contributed by atoms with Crippen molar-refractivity contribution >= 4 is 9.84 Å². The Morgan fingerprint density at radius 3 is 2.24 bits per heavy atom. The first-order valence-electron chi connectivity index (χ1n) is 6.49. The Balaban J connectivity index is 2.35. The number of sulfone groups is 1. The first-order chi connectivity index (χ1) is 7.97. The number of hydrogen-bond donors (Lipinski definition) is 1. The zero-order valence-electron chi connectivity index (χ0n) is 10.8. The van der Waals surface area contributed by atoms with Crippen LogP contribution in [0, 0.1) is 0 Å². The Morgan fingerprint density at radius 2 is 1.76 bits per heavy atom. The van der Waals surface area contributed by atoms with Gasteiger partial charge in [0.15, 0.2) is 0 Å². The van der Waals surface area contributed by atoms with Gasteiger partial charge in [0.05, 0.1) is 11.4 Å². The van der Waals surface area contributed by atoms with Crippen LogP contribution in [0.25, 0.3) is 0 Å². The van der Waals surface area contributed by atoms with E-state index >= 15 is 0 Å². The molecule has 0 spiro atoms. The fourth-order valence-corrected chi connectivity index (χ4v) is 3.03. The minimum absolute atomic E-state index is 0.187. The van der Waals surface area contributed by atoms with Crippen molar-refractivity contribution in [3.8, 4) is 0 Å². The summed E-state index contributed by atoms with van der Waals surface area (Å²) in [7, 11) is -2.87. The summed E-state index contributed by atoms with van der Waals surface area (Å²) in [4.78, 5) is 0. The van der Waals surface area contributed by atoms with Crippen molar-refractivity contribution in [1.82, 2.24) is 0 Å². The minimum Gasteiger partial charge on any atom is -0.374 e. The van der Waals surface area contributed by atoms with Gasteiger partial charge in [-0.15, -0.1) is 0 Å². The third-order valence-electron chi connectivity index (χ3n) is 3.45. The molecule has 0 aromatic carbocycles. The molecule has 0 amide bonds. The lowest BCUT2D eigenvalue weighted by atomic mass is 9.94. The zero-order valence-corrected chi connectivity index (χ0v) is 11.6. The van der Waals surface area contributed by atoms with Crippen molar-refractivity contribution in [3.05, 3.63) is 0 Å². The summed E-state index contributed by atoms with van der Waals surface area (Å²) in [6.45, 7) is 1.05. The molecule has 0 aliphatic heterocycles. The summed E-state index contributed by atoms with van der Waals surface area (Å²) < 4.78 is 27.9. The van der Waals surface area contributed by atoms with Crippen LogP contribution in [0.3, 0.4) is 0 Å². The van der Waals surface area contributed by atoms with Gasteiger partial charge < -0.3 is 10.5 Å². The third kappa shape index (κ3) is 5.84. The summed E-state index contributed by atoms with van der Waals surface area (Å²) in [5.41, 5.74) is 5.65. The number of ether oxygens (including phenoxy) is 1. The van der Waals surface area contributed by atoms with Crippen molar-refractivity contribution in [2.75, 3.05) is 25.2 Å². The van der Waals surface area contributed by atoms with Crippen LogP contribution >= 0.6 is 0 Å². The molecule has 0 bridgehead atoms. The monoisotopic (exact) mass is 263 g/mol. The average Bonchev–Trinajstić information content (AvgIpc) is 2.49. The van der Waals surface area contributed by atoms with Gasteiger partial charge >= 0.3 is 0 Å². The van der Waals surface area contributed by atoms with E-state index in [-0.39, 0.29) is 11.4 Å². The van der Waals surface area contributed by atoms with Crippen molar-refractivity contribution in [2.45, 2.75) is 50.5 Å². The largest absolute Gasteiger partial charge is 0.374 e. The Morgan fingerprint density at radius 1 is 1.18 bits per heavy atom. The van der Waals surface area contributed by atoms with E-state index in [0.29, 0.717) is 19.6 Å². The summed E-state index contributed by atoms with van der Waals surface area (Å²) in [5.74, 6) is 0.202. The van der Waals surface area contributed by atoms with Crippen LogP contribution in [0.5, 0.6) is 0 Å². The number of nitrogens with two attached hydrogens (primary N) is 1. The molecular formula is C12H25NO3S. The highest BCUT2D eigenvalue weighted by molar-refractivity contribution is 7.90. The highest BCUT2D eigenvalue weighted by atomic mass is 32.2. The molecule has 1 rings (SSSR count). The third-order valence-corrected chi connectivity index (χ3v) is 4.48. The SMILES string of the molecule is CS(=O)(=O)CCCOC1(CN)CCCCCC1. The molecule has 1 fully saturated rings. The minimum atomic E-state index is -2.87. The van der Waals surface area contributed by atoms with Crippen molar-refractivity contribution in [2.24, 2.45) is 5.73 Å². The quantitative estimate of drug-likeness (QED) is 0.582. The lowest BCUT2D eigenvalue weighted by Gasteiger charge is -2.31. The molecule has 0 saturated heterocycles. The zero-order chi connectivity index (χ0) is 12.8. The van der Waals surface area contributed by atoms with E-state index < -0.39 is 9.84 Å². The van der Waals surface area contributed by atoms with Gasteiger partial charge in [-0.3, -0.25) is 0 Å². The highest BCUT2D eigenvalue weighted by Gasteiger charge is 2.30. The summed E-state index contributed by atoms with van der Waals surface area (Å²) >= 11 is 0. The second-order valence-electron chi connectivity index (χ2n) is 5.13. The van der Waals surface area contributed by atoms with Crippen LogP contribution in [-0.4, -0.2) is 39.2 Å². The van der Waals surface area contributed by atoms with Gasteiger partial charge in [-0.25, -0.2) is 8.42 Å². The second-order valence-corrected chi connectivity index (χ2v) is 7.39. The molecule has 5 heteroatoms. The molecule has 17 heavy (non-hydrogen) atoms. The summed E-state index contributed by atoms with van der Waals surface area (Å²) in [6.07, 6.45) is 8.72. The number of hydrogen-bond acceptors (Lipinski definition) is 4. The first kappa shape index (κ1) is 14.9. The molecule has 0 radical (unpaired) electrons. The van der Waals surface area contributed by atoms with Crippen LogP contribution in [0.4, 0.5) is 0 Å². The molecule has 1 aliphatic carbocycles. The molecule has 0 atom stereocenters. The van der Waals surface area contributed by atoms with E-state index in [2.05, 4.69) is 0 Å². The molecule has 0 unspecified atom stereocenters. The molecule has 0 aromatic heterocycles. The van der Waals surface area contributed by atoms with E-state index in [4.69, 9.17) is 10.5 Å². The fraction of sp³-hybridized carbons (Fsp3) is 1.00. The van der Waals surface area contributed by atoms with Crippen LogP contribution in [0.15, 0.2) is 0 Å². The average molecular weight is 263 g/mol. The fourth-order valence-electron chi connectivity index (χ4n) is 2.39. The van der Waals surface area contributed by atoms with Crippen molar-refractivity contribution in [3.63, 3.8) is 0 Å². The molecule has 1 saturated carbocycles. The van der Waals surface area contributed by atoms with E-state index in [1.807, 2.05) is 0 Å². The molecule has 102 valence electrons. The van der Waals surface area contributed by atoms with Crippen LogP contribution in [0.2, 0.25) is 0 Å². The maximum absolute atomic E-state index is 11.0. The van der Waals surface area contributed by atoms with Crippen molar-refractivity contribution in [1.29, 1.82) is 0 Å². The smallest absolute Gasteiger partial charge is 0.147 e. The highest BCUT2D eigenvalue weighted by Crippen LogP contribution is 2.29. The van der Waals surface area contributed by atoms with E-state index in [0.717, 1.165) is 12.8 Å². The molecule has 1 aliphatic rings. The Kier molecular flexibility index (Phi) is 5.89. The molecule has 4 nitrogen and oxygen atoms in total. The molecular weight excluding hydrogens is 238 g/mol. The molecule has 0 aromatic rings. The van der Waals surface area contributed by atoms with Crippen LogP contribution in [-0.2, 0) is 14.6 Å². The summed E-state index contributed by atoms with van der Waals surface area (Å²) in [6, 6.07) is 0. The normalized spacial score (nSPS) is 21.1. The second kappa shape index (κ2) is 6.71. The summed E-state index contributed by atoms with van der Waals surface area (Å²) in [5, 5.41) is 0. The van der Waals surface area contributed by atoms with Gasteiger partial charge in [-0.1, -0.05) is 25.7 Å². The maximum atomic E-state index is 11.0. The van der Waals surface area contributed by atoms with E-state index in [1.54, 1.807) is 0 Å². The van der Waals surface area contributed by atoms with Crippen molar-refractivity contribution < 1.29 is 13.2 Å². The topological polar surface area (TPSA) is 69.4 Å². The lowest BCUT2D eigenvalue weighted by Crippen LogP contribution is -2.40. The lowest BCUT2D eigenvalue weighted by molar-refractivity contribution is -0.0488. The molecule has 2 N–H and O–H groups in total. The molecule has 0 heterocycles. The van der Waals surface area contributed by atoms with Gasteiger partial charge in [0, 0.05) is 19.4 Å². The standard InChI is InChI=1S/C12H25NO3S/c1-17(14,15)10-6-9-16-12(11-13)7-4-2-3-5-8-12/h2-11,13H2,1H3. The van der Waals surface area contributed by atoms with E-state index in [1.165, 1.54) is 31.9 Å². The van der Waals surface area contributed by atoms with Gasteiger partial charge in [-0.2, -0.15) is 0 Å². The van der Waals surface area contributed by atoms with Crippen LogP contribution in [0.1, 0.15) is 44.9 Å². The van der Waals surface area contributed by atoms with Gasteiger partial charge in [-0.05, 0) is 19.3 Å². The van der Waals surface area contributed by atoms with Gasteiger partial charge in [0.2, 0.25) is 0 Å².